The number of carbonyl (C=O) groups excluding carboxylic acids is 1. The molecule has 0 aliphatic carbocycles. The summed E-state index contributed by atoms with van der Waals surface area (Å²) in [6.45, 7) is 6.40. The number of hydrogen-bond acceptors (Lipinski definition) is 4. The molecule has 4 nitrogen and oxygen atoms in total. The molecular formula is C19H18O4. The monoisotopic (exact) mass is 310 g/mol. The van der Waals surface area contributed by atoms with Crippen LogP contribution in [0.2, 0.25) is 0 Å². The zero-order valence-corrected chi connectivity index (χ0v) is 13.3. The van der Waals surface area contributed by atoms with Crippen LogP contribution >= 0.6 is 0 Å². The van der Waals surface area contributed by atoms with Crippen molar-refractivity contribution in [1.29, 1.82) is 0 Å². The molecule has 1 aliphatic rings. The molecule has 1 aliphatic heterocycles. The van der Waals surface area contributed by atoms with Gasteiger partial charge in [0.25, 0.3) is 0 Å². The minimum atomic E-state index is -0.391. The summed E-state index contributed by atoms with van der Waals surface area (Å²) < 4.78 is 5.47. The van der Waals surface area contributed by atoms with Crippen LogP contribution in [0.1, 0.15) is 42.3 Å². The van der Waals surface area contributed by atoms with Gasteiger partial charge < -0.3 is 14.9 Å². The predicted molar refractivity (Wildman–Crippen MR) is 87.8 cm³/mol. The Bertz CT molecular complexity index is 808. The molecular weight excluding hydrogens is 292 g/mol. The largest absolute Gasteiger partial charge is 0.508 e. The van der Waals surface area contributed by atoms with Crippen LogP contribution < -0.4 is 4.74 Å². The fourth-order valence-corrected chi connectivity index (χ4v) is 2.51. The quantitative estimate of drug-likeness (QED) is 0.781. The molecule has 4 heteroatoms. The van der Waals surface area contributed by atoms with Crippen molar-refractivity contribution in [2.75, 3.05) is 0 Å². The second-order valence-electron chi connectivity index (χ2n) is 6.65. The lowest BCUT2D eigenvalue weighted by Crippen LogP contribution is -2.10. The van der Waals surface area contributed by atoms with Gasteiger partial charge in [0.2, 0.25) is 5.78 Å². The number of fused-ring (bicyclic) bond motifs is 1. The minimum absolute atomic E-state index is 0.0604. The fraction of sp³-hybridized carbons (Fsp3) is 0.211. The summed E-state index contributed by atoms with van der Waals surface area (Å²) in [6.07, 6.45) is 1.63. The first-order chi connectivity index (χ1) is 10.8. The summed E-state index contributed by atoms with van der Waals surface area (Å²) in [4.78, 5) is 12.3. The molecule has 0 bridgehead atoms. The van der Waals surface area contributed by atoms with Gasteiger partial charge in [-0.25, -0.2) is 0 Å². The second-order valence-corrected chi connectivity index (χ2v) is 6.65. The molecule has 0 fully saturated rings. The number of carbonyl (C=O) groups is 1. The molecule has 118 valence electrons. The molecule has 1 heterocycles. The van der Waals surface area contributed by atoms with Crippen molar-refractivity contribution in [1.82, 2.24) is 0 Å². The molecule has 2 aromatic carbocycles. The van der Waals surface area contributed by atoms with Crippen LogP contribution in [0.25, 0.3) is 6.08 Å². The second kappa shape index (κ2) is 5.16. The first kappa shape index (κ1) is 15.2. The maximum Gasteiger partial charge on any atom is 0.235 e. The number of phenolic OH excluding ortho intramolecular Hbond substituents is 2. The first-order valence-electron chi connectivity index (χ1n) is 7.36. The SMILES string of the molecule is CC(C)(C)c1ccc(/C=C2\Oc3cc(O)cc(O)c3C2=O)cc1. The number of hydrogen-bond donors (Lipinski definition) is 2. The molecule has 0 saturated heterocycles. The molecule has 0 amide bonds. The van der Waals surface area contributed by atoms with E-state index in [1.54, 1.807) is 6.08 Å². The van der Waals surface area contributed by atoms with E-state index in [1.165, 1.54) is 11.6 Å². The van der Waals surface area contributed by atoms with Crippen molar-refractivity contribution in [2.45, 2.75) is 26.2 Å². The van der Waals surface area contributed by atoms with Crippen molar-refractivity contribution >= 4 is 11.9 Å². The smallest absolute Gasteiger partial charge is 0.235 e. The van der Waals surface area contributed by atoms with Crippen molar-refractivity contribution in [3.63, 3.8) is 0 Å². The van der Waals surface area contributed by atoms with E-state index >= 15 is 0 Å². The summed E-state index contributed by atoms with van der Waals surface area (Å²) in [7, 11) is 0. The molecule has 2 aromatic rings. The molecule has 0 radical (unpaired) electrons. The van der Waals surface area contributed by atoms with Crippen molar-refractivity contribution in [3.05, 3.63) is 58.8 Å². The Hall–Kier alpha value is -2.75. The van der Waals surface area contributed by atoms with E-state index in [4.69, 9.17) is 4.74 Å². The average Bonchev–Trinajstić information content (AvgIpc) is 2.74. The van der Waals surface area contributed by atoms with E-state index in [9.17, 15) is 15.0 Å². The molecule has 3 rings (SSSR count). The third-order valence-electron chi connectivity index (χ3n) is 3.81. The summed E-state index contributed by atoms with van der Waals surface area (Å²) in [5, 5.41) is 19.3. The normalized spacial score (nSPS) is 15.6. The van der Waals surface area contributed by atoms with Crippen LogP contribution in [-0.2, 0) is 5.41 Å². The van der Waals surface area contributed by atoms with E-state index in [0.29, 0.717) is 0 Å². The lowest BCUT2D eigenvalue weighted by Gasteiger charge is -2.18. The zero-order valence-electron chi connectivity index (χ0n) is 13.3. The standard InChI is InChI=1S/C19H18O4/c1-19(2,3)12-6-4-11(5-7-12)8-16-18(22)17-14(21)9-13(20)10-15(17)23-16/h4-10,20-21H,1-3H3/b16-8-. The molecule has 2 N–H and O–H groups in total. The van der Waals surface area contributed by atoms with Gasteiger partial charge in [0.05, 0.1) is 0 Å². The number of rotatable bonds is 1. The van der Waals surface area contributed by atoms with Gasteiger partial charge in [-0.15, -0.1) is 0 Å². The number of phenols is 2. The van der Waals surface area contributed by atoms with Gasteiger partial charge >= 0.3 is 0 Å². The van der Waals surface area contributed by atoms with E-state index in [2.05, 4.69) is 20.8 Å². The topological polar surface area (TPSA) is 66.8 Å². The van der Waals surface area contributed by atoms with Gasteiger partial charge in [-0.05, 0) is 22.6 Å². The average molecular weight is 310 g/mol. The van der Waals surface area contributed by atoms with Crippen molar-refractivity contribution < 1.29 is 19.7 Å². The Morgan fingerprint density at radius 2 is 1.70 bits per heavy atom. The Balaban J connectivity index is 1.93. The summed E-state index contributed by atoms with van der Waals surface area (Å²) >= 11 is 0. The number of ketones is 1. The summed E-state index contributed by atoms with van der Waals surface area (Å²) in [5.74, 6) is -0.520. The first-order valence-corrected chi connectivity index (χ1v) is 7.36. The van der Waals surface area contributed by atoms with E-state index in [1.807, 2.05) is 24.3 Å². The van der Waals surface area contributed by atoms with Gasteiger partial charge in [-0.3, -0.25) is 4.79 Å². The number of Topliss-reactive ketones (excluding diaryl/α,β-unsaturated/α-hetero) is 1. The Labute approximate surface area is 134 Å². The lowest BCUT2D eigenvalue weighted by atomic mass is 9.86. The number of benzene rings is 2. The molecule has 0 atom stereocenters. The summed E-state index contributed by atoms with van der Waals surface area (Å²) in [5.41, 5.74) is 2.17. The predicted octanol–water partition coefficient (Wildman–Crippen LogP) is 4.01. The van der Waals surface area contributed by atoms with E-state index in [0.717, 1.165) is 11.6 Å². The van der Waals surface area contributed by atoms with Gasteiger partial charge in [0.15, 0.2) is 5.76 Å². The van der Waals surface area contributed by atoms with Crippen LogP contribution in [-0.4, -0.2) is 16.0 Å². The highest BCUT2D eigenvalue weighted by Crippen LogP contribution is 2.40. The van der Waals surface area contributed by atoms with Gasteiger partial charge in [-0.1, -0.05) is 45.0 Å². The van der Waals surface area contributed by atoms with Crippen LogP contribution in [0.15, 0.2) is 42.2 Å². The van der Waals surface area contributed by atoms with Gasteiger partial charge in [0.1, 0.15) is 22.8 Å². The van der Waals surface area contributed by atoms with E-state index < -0.39 is 5.78 Å². The van der Waals surface area contributed by atoms with E-state index in [-0.39, 0.29) is 34.0 Å². The lowest BCUT2D eigenvalue weighted by molar-refractivity contribution is 0.101. The van der Waals surface area contributed by atoms with Crippen molar-refractivity contribution in [3.8, 4) is 17.2 Å². The van der Waals surface area contributed by atoms with Crippen LogP contribution in [0, 0.1) is 0 Å². The van der Waals surface area contributed by atoms with Crippen LogP contribution in [0.5, 0.6) is 17.2 Å². The molecule has 0 unspecified atom stereocenters. The maximum atomic E-state index is 12.3. The Morgan fingerprint density at radius 3 is 2.30 bits per heavy atom. The highest BCUT2D eigenvalue weighted by Gasteiger charge is 2.31. The van der Waals surface area contributed by atoms with Crippen molar-refractivity contribution in [2.24, 2.45) is 0 Å². The fourth-order valence-electron chi connectivity index (χ4n) is 2.51. The molecule has 0 spiro atoms. The molecule has 0 aromatic heterocycles. The van der Waals surface area contributed by atoms with Gasteiger partial charge in [-0.2, -0.15) is 0 Å². The Kier molecular flexibility index (Phi) is 3.40. The zero-order chi connectivity index (χ0) is 16.8. The maximum absolute atomic E-state index is 12.3. The third-order valence-corrected chi connectivity index (χ3v) is 3.81. The highest BCUT2D eigenvalue weighted by atomic mass is 16.5. The van der Waals surface area contributed by atoms with Crippen LogP contribution in [0.3, 0.4) is 0 Å². The number of allylic oxidation sites excluding steroid dienone is 1. The third kappa shape index (κ3) is 2.80. The van der Waals surface area contributed by atoms with Crippen LogP contribution in [0.4, 0.5) is 0 Å². The Morgan fingerprint density at radius 1 is 1.04 bits per heavy atom. The van der Waals surface area contributed by atoms with Gasteiger partial charge in [0, 0.05) is 12.1 Å². The number of aromatic hydroxyl groups is 2. The molecule has 0 saturated carbocycles. The molecule has 23 heavy (non-hydrogen) atoms. The summed E-state index contributed by atoms with van der Waals surface area (Å²) in [6, 6.07) is 10.3. The highest BCUT2D eigenvalue weighted by molar-refractivity contribution is 6.16. The minimum Gasteiger partial charge on any atom is -0.508 e. The number of ether oxygens (including phenoxy) is 1.